The first-order chi connectivity index (χ1) is 14.4. The molecule has 8 heteroatoms. The van der Waals surface area contributed by atoms with Crippen molar-refractivity contribution >= 4 is 17.7 Å². The number of hydrogen-bond acceptors (Lipinski definition) is 4. The lowest BCUT2D eigenvalue weighted by Crippen LogP contribution is -2.25. The lowest BCUT2D eigenvalue weighted by molar-refractivity contribution is -0.140. The Bertz CT molecular complexity index is 926. The maximum atomic E-state index is 12.8. The summed E-state index contributed by atoms with van der Waals surface area (Å²) in [5.74, 6) is -0.523. The summed E-state index contributed by atoms with van der Waals surface area (Å²) >= 11 is 1.45. The zero-order valence-corrected chi connectivity index (χ0v) is 18.2. The lowest BCUT2D eigenvalue weighted by atomic mass is 9.96. The van der Waals surface area contributed by atoms with E-state index in [9.17, 15) is 28.2 Å². The van der Waals surface area contributed by atoms with Crippen molar-refractivity contribution in [2.24, 2.45) is 5.73 Å². The van der Waals surface area contributed by atoms with Crippen molar-refractivity contribution in [2.45, 2.75) is 49.2 Å². The number of halogens is 3. The minimum absolute atomic E-state index is 0.151. The highest BCUT2D eigenvalue weighted by atomic mass is 32.2. The summed E-state index contributed by atoms with van der Waals surface area (Å²) in [5.41, 5.74) is 6.00. The molecule has 0 heterocycles. The van der Waals surface area contributed by atoms with Crippen LogP contribution in [0.25, 0.3) is 0 Å². The Hall–Kier alpha value is -2.45. The van der Waals surface area contributed by atoms with Crippen molar-refractivity contribution in [3.63, 3.8) is 0 Å². The van der Waals surface area contributed by atoms with Crippen molar-refractivity contribution in [3.05, 3.63) is 77.1 Å². The smallest absolute Gasteiger partial charge is 0.416 e. The predicted molar refractivity (Wildman–Crippen MR) is 117 cm³/mol. The van der Waals surface area contributed by atoms with E-state index in [1.807, 2.05) is 24.3 Å². The van der Waals surface area contributed by atoms with Crippen molar-refractivity contribution in [1.29, 1.82) is 0 Å². The molecule has 0 radical (unpaired) electrons. The molecule has 1 unspecified atom stereocenters. The van der Waals surface area contributed by atoms with Gasteiger partial charge in [0.25, 0.3) is 0 Å². The molecule has 2 rings (SSSR count). The third-order valence-corrected chi connectivity index (χ3v) is 6.49. The van der Waals surface area contributed by atoms with Crippen molar-refractivity contribution < 1.29 is 28.2 Å². The van der Waals surface area contributed by atoms with E-state index in [2.05, 4.69) is 6.58 Å². The van der Waals surface area contributed by atoms with Gasteiger partial charge in [0.1, 0.15) is 5.76 Å². The van der Waals surface area contributed by atoms with E-state index in [0.717, 1.165) is 16.5 Å². The zero-order chi connectivity index (χ0) is 23.4. The van der Waals surface area contributed by atoms with Gasteiger partial charge >= 0.3 is 12.1 Å². The molecule has 4 nitrogen and oxygen atoms in total. The van der Waals surface area contributed by atoms with Crippen LogP contribution in [0.4, 0.5) is 13.2 Å². The highest BCUT2D eigenvalue weighted by Crippen LogP contribution is 2.48. The van der Waals surface area contributed by atoms with E-state index in [4.69, 9.17) is 5.73 Å². The van der Waals surface area contributed by atoms with Crippen LogP contribution in [0, 0.1) is 0 Å². The van der Waals surface area contributed by atoms with Crippen LogP contribution in [0.3, 0.4) is 0 Å². The molecular formula is C23H26F3NO3S. The van der Waals surface area contributed by atoms with Crippen LogP contribution in [0.5, 0.6) is 0 Å². The molecule has 0 bridgehead atoms. The molecule has 1 fully saturated rings. The molecular weight excluding hydrogens is 427 g/mol. The van der Waals surface area contributed by atoms with E-state index in [1.54, 1.807) is 6.92 Å². The van der Waals surface area contributed by atoms with Gasteiger partial charge in [-0.05, 0) is 61.6 Å². The molecule has 1 saturated carbocycles. The number of thioether (sulfide) groups is 1. The van der Waals surface area contributed by atoms with Gasteiger partial charge in [-0.25, -0.2) is 0 Å². The molecule has 1 aliphatic carbocycles. The molecule has 1 aliphatic rings. The standard InChI is InChI=1S/C23H26F3NO3S/c1-4-16(23(24,25)26)6-5-14(2)20(28)15(3)19(27)13-31-18-9-7-17(8-10-18)22(11-12-22)21(29)30/h4-10,19,28H,1,11-13,27H2,2-3H3,(H,29,30)/b14-5+,16-6+,20-15-. The predicted octanol–water partition coefficient (Wildman–Crippen LogP) is 5.68. The summed E-state index contributed by atoms with van der Waals surface area (Å²) < 4.78 is 38.3. The number of carboxylic acid groups (broad SMARTS) is 1. The monoisotopic (exact) mass is 453 g/mol. The minimum atomic E-state index is -4.51. The summed E-state index contributed by atoms with van der Waals surface area (Å²) in [6, 6.07) is 6.79. The largest absolute Gasteiger partial charge is 0.508 e. The number of carboxylic acids is 1. The second kappa shape index (κ2) is 9.78. The second-order valence-electron chi connectivity index (χ2n) is 7.53. The maximum Gasteiger partial charge on any atom is 0.416 e. The summed E-state index contributed by atoms with van der Waals surface area (Å²) in [5, 5.41) is 19.7. The molecule has 0 aromatic heterocycles. The van der Waals surface area contributed by atoms with Gasteiger partial charge < -0.3 is 15.9 Å². The first kappa shape index (κ1) is 24.8. The summed E-state index contributed by atoms with van der Waals surface area (Å²) in [6.45, 7) is 6.29. The number of aliphatic hydroxyl groups excluding tert-OH is 1. The zero-order valence-electron chi connectivity index (χ0n) is 17.4. The number of aliphatic carboxylic acids is 1. The molecule has 1 atom stereocenters. The lowest BCUT2D eigenvalue weighted by Gasteiger charge is -2.15. The Morgan fingerprint density at radius 3 is 2.26 bits per heavy atom. The molecule has 31 heavy (non-hydrogen) atoms. The third-order valence-electron chi connectivity index (χ3n) is 5.36. The number of alkyl halides is 3. The molecule has 0 saturated heterocycles. The van der Waals surface area contributed by atoms with Gasteiger partial charge in [0.05, 0.1) is 11.0 Å². The van der Waals surface area contributed by atoms with Crippen molar-refractivity contribution in [2.75, 3.05) is 5.75 Å². The van der Waals surface area contributed by atoms with Gasteiger partial charge in [-0.15, -0.1) is 11.8 Å². The fourth-order valence-electron chi connectivity index (χ4n) is 2.99. The number of benzene rings is 1. The second-order valence-corrected chi connectivity index (χ2v) is 8.63. The topological polar surface area (TPSA) is 83.5 Å². The Labute approximate surface area is 184 Å². The molecule has 0 amide bonds. The normalized spacial score (nSPS) is 18.3. The highest BCUT2D eigenvalue weighted by molar-refractivity contribution is 7.99. The Kier molecular flexibility index (Phi) is 7.83. The average Bonchev–Trinajstić information content (AvgIpc) is 3.52. The Morgan fingerprint density at radius 1 is 1.23 bits per heavy atom. The average molecular weight is 454 g/mol. The van der Waals surface area contributed by atoms with E-state index in [1.165, 1.54) is 24.8 Å². The van der Waals surface area contributed by atoms with Crippen LogP contribution in [0.15, 0.2) is 76.4 Å². The highest BCUT2D eigenvalue weighted by Gasteiger charge is 2.51. The number of hydrogen-bond donors (Lipinski definition) is 3. The van der Waals surface area contributed by atoms with Gasteiger partial charge in [0, 0.05) is 16.7 Å². The van der Waals surface area contributed by atoms with E-state index in [0.29, 0.717) is 30.2 Å². The number of allylic oxidation sites excluding steroid dienone is 5. The van der Waals surface area contributed by atoms with Crippen LogP contribution in [0.2, 0.25) is 0 Å². The number of rotatable bonds is 9. The Balaban J connectivity index is 2.04. The fourth-order valence-corrected chi connectivity index (χ4v) is 3.94. The van der Waals surface area contributed by atoms with E-state index >= 15 is 0 Å². The SMILES string of the molecule is C=C\C(=C/C=C(C)/C(O)=C(\C)C(N)CSc1ccc(C2(C(=O)O)CC2)cc1)C(F)(F)F. The first-order valence-electron chi connectivity index (χ1n) is 9.63. The van der Waals surface area contributed by atoms with Crippen molar-refractivity contribution in [3.8, 4) is 0 Å². The van der Waals surface area contributed by atoms with Crippen LogP contribution in [-0.4, -0.2) is 34.2 Å². The maximum absolute atomic E-state index is 12.8. The molecule has 0 aliphatic heterocycles. The van der Waals surface area contributed by atoms with Crippen LogP contribution in [-0.2, 0) is 10.2 Å². The van der Waals surface area contributed by atoms with Gasteiger partial charge in [-0.3, -0.25) is 4.79 Å². The molecule has 168 valence electrons. The van der Waals surface area contributed by atoms with E-state index in [-0.39, 0.29) is 11.3 Å². The number of aliphatic hydroxyl groups is 1. The van der Waals surface area contributed by atoms with Crippen LogP contribution < -0.4 is 5.73 Å². The number of carbonyl (C=O) groups is 1. The fraction of sp³-hybridized carbons (Fsp3) is 0.348. The third kappa shape index (κ3) is 6.04. The molecule has 4 N–H and O–H groups in total. The van der Waals surface area contributed by atoms with Crippen LogP contribution >= 0.6 is 11.8 Å². The summed E-state index contributed by atoms with van der Waals surface area (Å²) in [4.78, 5) is 12.3. The Morgan fingerprint density at radius 2 is 1.81 bits per heavy atom. The van der Waals surface area contributed by atoms with E-state index < -0.39 is 29.2 Å². The number of nitrogens with two attached hydrogens (primary N) is 1. The summed E-state index contributed by atoms with van der Waals surface area (Å²) in [6.07, 6.45) is -0.480. The summed E-state index contributed by atoms with van der Waals surface area (Å²) in [7, 11) is 0. The molecule has 1 aromatic rings. The quantitative estimate of drug-likeness (QED) is 0.255. The first-order valence-corrected chi connectivity index (χ1v) is 10.6. The van der Waals surface area contributed by atoms with Crippen molar-refractivity contribution in [1.82, 2.24) is 0 Å². The molecule has 0 spiro atoms. The van der Waals surface area contributed by atoms with Gasteiger partial charge in [-0.1, -0.05) is 30.9 Å². The van der Waals surface area contributed by atoms with Gasteiger partial charge in [0.15, 0.2) is 0 Å². The van der Waals surface area contributed by atoms with Gasteiger partial charge in [0.2, 0.25) is 0 Å². The minimum Gasteiger partial charge on any atom is -0.508 e. The van der Waals surface area contributed by atoms with Crippen LogP contribution in [0.1, 0.15) is 32.3 Å². The molecule has 1 aromatic carbocycles. The van der Waals surface area contributed by atoms with Gasteiger partial charge in [-0.2, -0.15) is 13.2 Å².